The van der Waals surface area contributed by atoms with E-state index in [0.29, 0.717) is 0 Å². The van der Waals surface area contributed by atoms with Crippen LogP contribution in [0.1, 0.15) is 22.3 Å². The van der Waals surface area contributed by atoms with Crippen molar-refractivity contribution >= 4 is 17.0 Å². The highest BCUT2D eigenvalue weighted by Crippen LogP contribution is 2.40. The van der Waals surface area contributed by atoms with Crippen molar-refractivity contribution in [2.75, 3.05) is 5.32 Å². The predicted molar refractivity (Wildman–Crippen MR) is 83.2 cm³/mol. The van der Waals surface area contributed by atoms with Gasteiger partial charge in [-0.2, -0.15) is 5.10 Å². The van der Waals surface area contributed by atoms with E-state index in [1.165, 1.54) is 27.4 Å². The minimum absolute atomic E-state index is 0.0913. The van der Waals surface area contributed by atoms with Gasteiger partial charge in [-0.25, -0.2) is 4.68 Å². The highest BCUT2D eigenvalue weighted by Gasteiger charge is 2.27. The van der Waals surface area contributed by atoms with Gasteiger partial charge in [0.1, 0.15) is 0 Å². The van der Waals surface area contributed by atoms with Crippen LogP contribution in [0.15, 0.2) is 41.8 Å². The molecule has 3 heterocycles. The van der Waals surface area contributed by atoms with E-state index in [0.717, 1.165) is 5.69 Å². The molecule has 0 fully saturated rings. The van der Waals surface area contributed by atoms with Gasteiger partial charge in [0.05, 0.1) is 16.3 Å². The second-order valence-electron chi connectivity index (χ2n) is 5.18. The van der Waals surface area contributed by atoms with Gasteiger partial charge in [-0.3, -0.25) is 0 Å². The molecule has 20 heavy (non-hydrogen) atoms. The normalized spacial score (nSPS) is 16.4. The minimum Gasteiger partial charge on any atom is -0.359 e. The number of hydrogen-bond acceptors (Lipinski definition) is 3. The van der Waals surface area contributed by atoms with E-state index in [1.807, 2.05) is 6.92 Å². The summed E-state index contributed by atoms with van der Waals surface area (Å²) in [5.41, 5.74) is 5.95. The third-order valence-corrected chi connectivity index (χ3v) is 4.82. The summed E-state index contributed by atoms with van der Waals surface area (Å²) in [6.07, 6.45) is 0.0913. The quantitative estimate of drug-likeness (QED) is 0.724. The zero-order valence-electron chi connectivity index (χ0n) is 11.4. The van der Waals surface area contributed by atoms with Gasteiger partial charge in [0.15, 0.2) is 6.17 Å². The van der Waals surface area contributed by atoms with Crippen molar-refractivity contribution in [2.24, 2.45) is 0 Å². The largest absolute Gasteiger partial charge is 0.359 e. The molecule has 3 aromatic rings. The topological polar surface area (TPSA) is 29.9 Å². The van der Waals surface area contributed by atoms with Crippen LogP contribution in [0, 0.1) is 13.8 Å². The first-order chi connectivity index (χ1) is 9.74. The summed E-state index contributed by atoms with van der Waals surface area (Å²) >= 11 is 1.78. The fourth-order valence-electron chi connectivity index (χ4n) is 2.80. The summed E-state index contributed by atoms with van der Waals surface area (Å²) in [6, 6.07) is 12.8. The molecule has 3 nitrogen and oxygen atoms in total. The van der Waals surface area contributed by atoms with E-state index in [-0.39, 0.29) is 6.17 Å². The lowest BCUT2D eigenvalue weighted by Gasteiger charge is -2.28. The first-order valence-electron chi connectivity index (χ1n) is 6.70. The minimum atomic E-state index is 0.0913. The fraction of sp³-hybridized carbons (Fsp3) is 0.188. The number of anilines is 1. The summed E-state index contributed by atoms with van der Waals surface area (Å²) in [6.45, 7) is 4.20. The SMILES string of the molecule is Cc1cc2n(n1)[C@@H](c1sccc1C)Nc1ccccc1-2. The lowest BCUT2D eigenvalue weighted by Crippen LogP contribution is -2.25. The number of benzene rings is 1. The molecule has 0 spiro atoms. The van der Waals surface area contributed by atoms with Crippen molar-refractivity contribution in [3.05, 3.63) is 57.9 Å². The highest BCUT2D eigenvalue weighted by molar-refractivity contribution is 7.10. The number of aryl methyl sites for hydroxylation is 2. The summed E-state index contributed by atoms with van der Waals surface area (Å²) in [5, 5.41) is 10.5. The second kappa shape index (κ2) is 4.21. The number of nitrogens with zero attached hydrogens (tertiary/aromatic N) is 2. The van der Waals surface area contributed by atoms with Gasteiger partial charge >= 0.3 is 0 Å². The highest BCUT2D eigenvalue weighted by atomic mass is 32.1. The number of nitrogens with one attached hydrogen (secondary N) is 1. The number of thiophene rings is 1. The van der Waals surface area contributed by atoms with E-state index in [4.69, 9.17) is 0 Å². The lowest BCUT2D eigenvalue weighted by atomic mass is 10.1. The molecule has 4 rings (SSSR count). The maximum atomic E-state index is 4.69. The molecule has 0 bridgehead atoms. The first kappa shape index (κ1) is 11.7. The Labute approximate surface area is 121 Å². The van der Waals surface area contributed by atoms with Crippen LogP contribution in [-0.2, 0) is 0 Å². The van der Waals surface area contributed by atoms with Crippen molar-refractivity contribution in [1.82, 2.24) is 9.78 Å². The average Bonchev–Trinajstić information content (AvgIpc) is 3.03. The Morgan fingerprint density at radius 3 is 2.85 bits per heavy atom. The molecule has 4 heteroatoms. The summed E-state index contributed by atoms with van der Waals surface area (Å²) in [4.78, 5) is 1.32. The smallest absolute Gasteiger partial charge is 0.156 e. The van der Waals surface area contributed by atoms with Gasteiger partial charge in [0.25, 0.3) is 0 Å². The van der Waals surface area contributed by atoms with Gasteiger partial charge in [-0.15, -0.1) is 11.3 Å². The molecule has 0 amide bonds. The van der Waals surface area contributed by atoms with E-state index in [9.17, 15) is 0 Å². The van der Waals surface area contributed by atoms with Gasteiger partial charge in [-0.05, 0) is 43.0 Å². The molecule has 0 unspecified atom stereocenters. The van der Waals surface area contributed by atoms with E-state index in [1.54, 1.807) is 11.3 Å². The lowest BCUT2D eigenvalue weighted by molar-refractivity contribution is 0.577. The van der Waals surface area contributed by atoms with Crippen molar-refractivity contribution in [3.8, 4) is 11.3 Å². The molecule has 0 saturated heterocycles. The van der Waals surface area contributed by atoms with Crippen LogP contribution in [0.3, 0.4) is 0 Å². The zero-order chi connectivity index (χ0) is 13.7. The maximum Gasteiger partial charge on any atom is 0.156 e. The molecule has 0 saturated carbocycles. The van der Waals surface area contributed by atoms with Gasteiger partial charge in [0, 0.05) is 11.3 Å². The van der Waals surface area contributed by atoms with Crippen LogP contribution < -0.4 is 5.32 Å². The van der Waals surface area contributed by atoms with E-state index in [2.05, 4.69) is 63.8 Å². The average molecular weight is 281 g/mol. The van der Waals surface area contributed by atoms with Crippen LogP contribution in [0.5, 0.6) is 0 Å². The van der Waals surface area contributed by atoms with Crippen molar-refractivity contribution in [2.45, 2.75) is 20.0 Å². The molecule has 2 aromatic heterocycles. The van der Waals surface area contributed by atoms with Crippen molar-refractivity contribution < 1.29 is 0 Å². The number of fused-ring (bicyclic) bond motifs is 3. The Balaban J connectivity index is 1.95. The third kappa shape index (κ3) is 1.61. The monoisotopic (exact) mass is 281 g/mol. The van der Waals surface area contributed by atoms with Crippen molar-refractivity contribution in [1.29, 1.82) is 0 Å². The number of rotatable bonds is 1. The predicted octanol–water partition coefficient (Wildman–Crippen LogP) is 4.20. The third-order valence-electron chi connectivity index (χ3n) is 3.75. The summed E-state index contributed by atoms with van der Waals surface area (Å²) in [7, 11) is 0. The van der Waals surface area contributed by atoms with Crippen LogP contribution in [0.25, 0.3) is 11.3 Å². The molecular weight excluding hydrogens is 266 g/mol. The Hall–Kier alpha value is -2.07. The number of para-hydroxylation sites is 1. The maximum absolute atomic E-state index is 4.69. The standard InChI is InChI=1S/C16H15N3S/c1-10-7-8-20-15(10)16-17-13-6-4-3-5-12(13)14-9-11(2)18-19(14)16/h3-9,16-17H,1-2H3/t16-/m0/s1. The van der Waals surface area contributed by atoms with Crippen LogP contribution in [0.2, 0.25) is 0 Å². The van der Waals surface area contributed by atoms with E-state index >= 15 is 0 Å². The second-order valence-corrected chi connectivity index (χ2v) is 6.12. The van der Waals surface area contributed by atoms with Gasteiger partial charge in [-0.1, -0.05) is 18.2 Å². The zero-order valence-corrected chi connectivity index (χ0v) is 12.2. The van der Waals surface area contributed by atoms with Crippen LogP contribution >= 0.6 is 11.3 Å². The number of hydrogen-bond donors (Lipinski definition) is 1. The van der Waals surface area contributed by atoms with Crippen LogP contribution in [0.4, 0.5) is 5.69 Å². The van der Waals surface area contributed by atoms with Crippen molar-refractivity contribution in [3.63, 3.8) is 0 Å². The van der Waals surface area contributed by atoms with E-state index < -0.39 is 0 Å². The molecule has 1 aromatic carbocycles. The molecule has 1 aliphatic heterocycles. The van der Waals surface area contributed by atoms with Gasteiger partial charge < -0.3 is 5.32 Å². The molecule has 1 N–H and O–H groups in total. The molecule has 100 valence electrons. The number of aromatic nitrogens is 2. The first-order valence-corrected chi connectivity index (χ1v) is 7.58. The molecule has 1 atom stereocenters. The summed E-state index contributed by atoms with van der Waals surface area (Å²) < 4.78 is 2.11. The van der Waals surface area contributed by atoms with Crippen LogP contribution in [-0.4, -0.2) is 9.78 Å². The fourth-order valence-corrected chi connectivity index (χ4v) is 3.76. The van der Waals surface area contributed by atoms with Gasteiger partial charge in [0.2, 0.25) is 0 Å². The Bertz CT molecular complexity index is 785. The Kier molecular flexibility index (Phi) is 2.47. The molecule has 1 aliphatic rings. The molecular formula is C16H15N3S. The Morgan fingerprint density at radius 2 is 2.05 bits per heavy atom. The Morgan fingerprint density at radius 1 is 1.20 bits per heavy atom. The molecule has 0 aliphatic carbocycles. The molecule has 0 radical (unpaired) electrons. The summed E-state index contributed by atoms with van der Waals surface area (Å²) in [5.74, 6) is 0.